The van der Waals surface area contributed by atoms with Crippen LogP contribution < -0.4 is 5.32 Å². The number of hydrogen-bond donors (Lipinski definition) is 1. The van der Waals surface area contributed by atoms with Gasteiger partial charge >= 0.3 is 5.97 Å². The van der Waals surface area contributed by atoms with Crippen LogP contribution in [0.15, 0.2) is 53.9 Å². The summed E-state index contributed by atoms with van der Waals surface area (Å²) in [6.07, 6.45) is -0.220. The number of amides is 1. The lowest BCUT2D eigenvalue weighted by molar-refractivity contribution is -0.115. The van der Waals surface area contributed by atoms with Crippen molar-refractivity contribution in [3.63, 3.8) is 0 Å². The Hall–Kier alpha value is -3.50. The first kappa shape index (κ1) is 19.3. The Morgan fingerprint density at radius 1 is 1.14 bits per heavy atom. The van der Waals surface area contributed by atoms with E-state index in [1.54, 1.807) is 30.3 Å². The number of esters is 1. The number of nitrogens with zero attached hydrogens (tertiary/aromatic N) is 2. The first-order chi connectivity index (χ1) is 13.5. The number of aryl methyl sites for hydroxylation is 1. The molecule has 1 heterocycles. The van der Waals surface area contributed by atoms with Crippen molar-refractivity contribution in [2.45, 2.75) is 20.0 Å². The molecule has 0 bridgehead atoms. The van der Waals surface area contributed by atoms with Crippen molar-refractivity contribution < 1.29 is 14.3 Å². The number of benzene rings is 2. The topological polar surface area (TPSA) is 92.1 Å². The maximum Gasteiger partial charge on any atom is 0.338 e. The monoisotopic (exact) mass is 391 g/mol. The number of carbonyl (C=O) groups excluding carboxylic acids is 2. The number of thiazole rings is 1. The van der Waals surface area contributed by atoms with Crippen LogP contribution in [0.1, 0.15) is 28.0 Å². The molecule has 0 aliphatic rings. The largest absolute Gasteiger partial charge is 0.456 e. The third-order valence-corrected chi connectivity index (χ3v) is 4.79. The molecule has 7 heteroatoms. The van der Waals surface area contributed by atoms with E-state index in [-0.39, 0.29) is 13.0 Å². The van der Waals surface area contributed by atoms with E-state index in [0.29, 0.717) is 16.9 Å². The van der Waals surface area contributed by atoms with Gasteiger partial charge in [0, 0.05) is 16.6 Å². The van der Waals surface area contributed by atoms with E-state index in [4.69, 9.17) is 10.00 Å². The standard InChI is InChI=1S/C21H17N3O3S/c1-14-2-4-15(5-3-14)20-24-18(13-28-20)12-27-21(26)16-6-8-17(9-7-16)23-19(25)10-11-22/h2-9,13H,10,12H2,1H3,(H,23,25). The van der Waals surface area contributed by atoms with Crippen molar-refractivity contribution in [2.24, 2.45) is 0 Å². The third kappa shape index (κ3) is 5.02. The molecule has 1 amide bonds. The summed E-state index contributed by atoms with van der Waals surface area (Å²) in [6.45, 7) is 2.12. The average Bonchev–Trinajstić information content (AvgIpc) is 3.16. The SMILES string of the molecule is Cc1ccc(-c2nc(COC(=O)c3ccc(NC(=O)CC#N)cc3)cs2)cc1. The fourth-order valence-corrected chi connectivity index (χ4v) is 3.20. The van der Waals surface area contributed by atoms with Gasteiger partial charge in [0.15, 0.2) is 0 Å². The number of nitriles is 1. The van der Waals surface area contributed by atoms with Crippen LogP contribution in [0.3, 0.4) is 0 Å². The number of hydrogen-bond acceptors (Lipinski definition) is 6. The lowest BCUT2D eigenvalue weighted by Crippen LogP contribution is -2.10. The molecule has 0 radical (unpaired) electrons. The highest BCUT2D eigenvalue weighted by molar-refractivity contribution is 7.13. The normalized spacial score (nSPS) is 10.1. The summed E-state index contributed by atoms with van der Waals surface area (Å²) in [4.78, 5) is 28.1. The molecule has 1 N–H and O–H groups in total. The first-order valence-corrected chi connectivity index (χ1v) is 9.38. The maximum atomic E-state index is 12.2. The van der Waals surface area contributed by atoms with Crippen LogP contribution in [-0.4, -0.2) is 16.9 Å². The molecule has 1 aromatic heterocycles. The molecule has 0 saturated carbocycles. The van der Waals surface area contributed by atoms with Crippen molar-refractivity contribution >= 4 is 28.9 Å². The van der Waals surface area contributed by atoms with Crippen molar-refractivity contribution in [1.29, 1.82) is 5.26 Å². The highest BCUT2D eigenvalue weighted by Gasteiger charge is 2.10. The molecular weight excluding hydrogens is 374 g/mol. The minimum atomic E-state index is -0.472. The summed E-state index contributed by atoms with van der Waals surface area (Å²) in [7, 11) is 0. The number of carbonyl (C=O) groups is 2. The van der Waals surface area contributed by atoms with Crippen LogP contribution in [0.2, 0.25) is 0 Å². The van der Waals surface area contributed by atoms with Gasteiger partial charge in [-0.25, -0.2) is 9.78 Å². The Morgan fingerprint density at radius 2 is 1.86 bits per heavy atom. The summed E-state index contributed by atoms with van der Waals surface area (Å²) in [5, 5.41) is 13.8. The predicted molar refractivity (Wildman–Crippen MR) is 107 cm³/mol. The van der Waals surface area contributed by atoms with Gasteiger partial charge in [-0.1, -0.05) is 29.8 Å². The first-order valence-electron chi connectivity index (χ1n) is 8.50. The minimum absolute atomic E-state index is 0.0852. The number of anilines is 1. The van der Waals surface area contributed by atoms with Gasteiger partial charge in [0.25, 0.3) is 0 Å². The fourth-order valence-electron chi connectivity index (χ4n) is 2.39. The van der Waals surface area contributed by atoms with Crippen LogP contribution in [0.25, 0.3) is 10.6 Å². The van der Waals surface area contributed by atoms with Crippen LogP contribution in [0.5, 0.6) is 0 Å². The molecule has 0 fully saturated rings. The van der Waals surface area contributed by atoms with Crippen molar-refractivity contribution in [1.82, 2.24) is 4.98 Å². The highest BCUT2D eigenvalue weighted by Crippen LogP contribution is 2.24. The molecule has 3 rings (SSSR count). The van der Waals surface area contributed by atoms with E-state index in [1.165, 1.54) is 16.9 Å². The lowest BCUT2D eigenvalue weighted by Gasteiger charge is -2.05. The van der Waals surface area contributed by atoms with E-state index in [0.717, 1.165) is 10.6 Å². The van der Waals surface area contributed by atoms with E-state index in [9.17, 15) is 9.59 Å². The van der Waals surface area contributed by atoms with Crippen molar-refractivity contribution in [3.05, 3.63) is 70.7 Å². The fraction of sp³-hybridized carbons (Fsp3) is 0.143. The number of aromatic nitrogens is 1. The van der Waals surface area contributed by atoms with E-state index in [1.807, 2.05) is 36.6 Å². The molecule has 0 saturated heterocycles. The van der Waals surface area contributed by atoms with Crippen LogP contribution >= 0.6 is 11.3 Å². The van der Waals surface area contributed by atoms with Crippen molar-refractivity contribution in [3.8, 4) is 16.6 Å². The number of rotatable bonds is 6. The van der Waals surface area contributed by atoms with Crippen LogP contribution in [-0.2, 0) is 16.1 Å². The van der Waals surface area contributed by atoms with Gasteiger partial charge in [0.1, 0.15) is 18.0 Å². The summed E-state index contributed by atoms with van der Waals surface area (Å²) in [6, 6.07) is 16.2. The average molecular weight is 391 g/mol. The smallest absolute Gasteiger partial charge is 0.338 e. The number of nitrogens with one attached hydrogen (secondary N) is 1. The molecule has 3 aromatic rings. The molecular formula is C21H17N3O3S. The second kappa shape index (κ2) is 8.93. The second-order valence-corrected chi connectivity index (χ2v) is 6.90. The Balaban J connectivity index is 1.56. The molecule has 0 aliphatic carbocycles. The van der Waals surface area contributed by atoms with Gasteiger partial charge in [-0.15, -0.1) is 11.3 Å². The Bertz CT molecular complexity index is 1020. The summed E-state index contributed by atoms with van der Waals surface area (Å²) < 4.78 is 5.32. The van der Waals surface area contributed by atoms with Gasteiger partial charge in [-0.3, -0.25) is 4.79 Å². The van der Waals surface area contributed by atoms with Gasteiger partial charge < -0.3 is 10.1 Å². The molecule has 28 heavy (non-hydrogen) atoms. The summed E-state index contributed by atoms with van der Waals surface area (Å²) in [5.41, 5.74) is 3.79. The Morgan fingerprint density at radius 3 is 2.54 bits per heavy atom. The molecule has 6 nitrogen and oxygen atoms in total. The quantitative estimate of drug-likeness (QED) is 0.632. The lowest BCUT2D eigenvalue weighted by atomic mass is 10.2. The molecule has 140 valence electrons. The zero-order valence-corrected chi connectivity index (χ0v) is 16.0. The number of ether oxygens (including phenoxy) is 1. The third-order valence-electron chi connectivity index (χ3n) is 3.85. The molecule has 0 spiro atoms. The van der Waals surface area contributed by atoms with Crippen LogP contribution in [0, 0.1) is 18.3 Å². The van der Waals surface area contributed by atoms with Gasteiger partial charge in [0.05, 0.1) is 17.3 Å². The molecule has 0 aliphatic heterocycles. The van der Waals surface area contributed by atoms with Crippen molar-refractivity contribution in [2.75, 3.05) is 5.32 Å². The van der Waals surface area contributed by atoms with Gasteiger partial charge in [-0.2, -0.15) is 5.26 Å². The molecule has 0 atom stereocenters. The molecule has 0 unspecified atom stereocenters. The molecule has 2 aromatic carbocycles. The predicted octanol–water partition coefficient (Wildman–Crippen LogP) is 4.33. The summed E-state index contributed by atoms with van der Waals surface area (Å²) in [5.74, 6) is -0.870. The zero-order chi connectivity index (χ0) is 19.9. The van der Waals surface area contributed by atoms with E-state index in [2.05, 4.69) is 10.3 Å². The summed E-state index contributed by atoms with van der Waals surface area (Å²) >= 11 is 1.50. The van der Waals surface area contributed by atoms with Gasteiger partial charge in [0.2, 0.25) is 5.91 Å². The van der Waals surface area contributed by atoms with Gasteiger partial charge in [-0.05, 0) is 31.2 Å². The maximum absolute atomic E-state index is 12.2. The van der Waals surface area contributed by atoms with E-state index < -0.39 is 11.9 Å². The Kier molecular flexibility index (Phi) is 6.14. The van der Waals surface area contributed by atoms with E-state index >= 15 is 0 Å². The minimum Gasteiger partial charge on any atom is -0.456 e. The highest BCUT2D eigenvalue weighted by atomic mass is 32.1. The zero-order valence-electron chi connectivity index (χ0n) is 15.1. The second-order valence-electron chi connectivity index (χ2n) is 6.05. The van der Waals surface area contributed by atoms with Crippen LogP contribution in [0.4, 0.5) is 5.69 Å². The Labute approximate surface area is 166 Å².